The van der Waals surface area contributed by atoms with E-state index in [0.29, 0.717) is 5.92 Å². The number of carbonyl (C=O) groups is 1. The molecule has 0 aromatic carbocycles. The highest BCUT2D eigenvalue weighted by atomic mass is 16.6. The zero-order chi connectivity index (χ0) is 8.72. The minimum atomic E-state index is -0.0356. The molecule has 3 nitrogen and oxygen atoms in total. The molecule has 4 atom stereocenters. The Morgan fingerprint density at radius 3 is 3.00 bits per heavy atom. The predicted octanol–water partition coefficient (Wildman–Crippen LogP) is 0.546. The molecule has 0 amide bonds. The minimum Gasteiger partial charge on any atom is -0.460 e. The van der Waals surface area contributed by atoms with Gasteiger partial charge in [0.05, 0.1) is 12.0 Å². The van der Waals surface area contributed by atoms with Crippen molar-refractivity contribution in [3.8, 4) is 0 Å². The SMILES string of the molecule is C[C@@H]1CN[C@@H]2[C@@H](C1)OC(=O)[C@@H]2C. The number of esters is 1. The molecule has 68 valence electrons. The van der Waals surface area contributed by atoms with Gasteiger partial charge in [-0.3, -0.25) is 4.79 Å². The maximum absolute atomic E-state index is 11.2. The van der Waals surface area contributed by atoms with E-state index in [1.54, 1.807) is 0 Å². The highest BCUT2D eigenvalue weighted by molar-refractivity contribution is 5.75. The minimum absolute atomic E-state index is 0.0356. The summed E-state index contributed by atoms with van der Waals surface area (Å²) in [7, 11) is 0. The van der Waals surface area contributed by atoms with Crippen LogP contribution in [-0.4, -0.2) is 24.7 Å². The fourth-order valence-electron chi connectivity index (χ4n) is 2.12. The number of fused-ring (bicyclic) bond motifs is 1. The fourth-order valence-corrected chi connectivity index (χ4v) is 2.12. The molecule has 0 radical (unpaired) electrons. The second kappa shape index (κ2) is 2.73. The Bertz CT molecular complexity index is 205. The summed E-state index contributed by atoms with van der Waals surface area (Å²) in [6.45, 7) is 5.14. The molecule has 2 aliphatic rings. The molecule has 0 saturated carbocycles. The third kappa shape index (κ3) is 1.12. The molecule has 3 heteroatoms. The molecule has 2 saturated heterocycles. The smallest absolute Gasteiger partial charge is 0.310 e. The molecule has 0 aromatic rings. The van der Waals surface area contributed by atoms with Crippen LogP contribution in [-0.2, 0) is 9.53 Å². The molecule has 0 aromatic heterocycles. The molecule has 1 N–H and O–H groups in total. The molecular formula is C9H15NO2. The van der Waals surface area contributed by atoms with Crippen LogP contribution < -0.4 is 5.32 Å². The molecule has 0 spiro atoms. The highest BCUT2D eigenvalue weighted by Crippen LogP contribution is 2.29. The second-order valence-corrected chi connectivity index (χ2v) is 4.04. The Balaban J connectivity index is 2.09. The van der Waals surface area contributed by atoms with E-state index in [2.05, 4.69) is 12.2 Å². The maximum atomic E-state index is 11.2. The molecule has 0 bridgehead atoms. The van der Waals surface area contributed by atoms with Gasteiger partial charge in [0.15, 0.2) is 0 Å². The lowest BCUT2D eigenvalue weighted by Crippen LogP contribution is -2.47. The molecule has 12 heavy (non-hydrogen) atoms. The van der Waals surface area contributed by atoms with E-state index in [0.717, 1.165) is 13.0 Å². The summed E-state index contributed by atoms with van der Waals surface area (Å²) >= 11 is 0. The summed E-state index contributed by atoms with van der Waals surface area (Å²) in [4.78, 5) is 11.2. The van der Waals surface area contributed by atoms with Crippen molar-refractivity contribution in [1.29, 1.82) is 0 Å². The van der Waals surface area contributed by atoms with Crippen LogP contribution in [0.4, 0.5) is 0 Å². The van der Waals surface area contributed by atoms with Gasteiger partial charge in [0.25, 0.3) is 0 Å². The summed E-state index contributed by atoms with van der Waals surface area (Å²) in [5.41, 5.74) is 0. The zero-order valence-electron chi connectivity index (χ0n) is 7.54. The molecule has 2 aliphatic heterocycles. The lowest BCUT2D eigenvalue weighted by Gasteiger charge is -2.30. The maximum Gasteiger partial charge on any atom is 0.310 e. The molecule has 2 rings (SSSR count). The average Bonchev–Trinajstić information content (AvgIpc) is 2.28. The first kappa shape index (κ1) is 8.05. The van der Waals surface area contributed by atoms with Crippen molar-refractivity contribution < 1.29 is 9.53 Å². The van der Waals surface area contributed by atoms with Crippen LogP contribution in [0, 0.1) is 11.8 Å². The Labute approximate surface area is 72.5 Å². The van der Waals surface area contributed by atoms with Crippen molar-refractivity contribution in [3.63, 3.8) is 0 Å². The largest absolute Gasteiger partial charge is 0.460 e. The first-order valence-corrected chi connectivity index (χ1v) is 4.62. The van der Waals surface area contributed by atoms with Gasteiger partial charge >= 0.3 is 5.97 Å². The summed E-state index contributed by atoms with van der Waals surface area (Å²) < 4.78 is 5.25. The van der Waals surface area contributed by atoms with Crippen molar-refractivity contribution in [1.82, 2.24) is 5.32 Å². The monoisotopic (exact) mass is 169 g/mol. The first-order valence-electron chi connectivity index (χ1n) is 4.62. The van der Waals surface area contributed by atoms with E-state index in [-0.39, 0.29) is 24.0 Å². The van der Waals surface area contributed by atoms with Gasteiger partial charge in [-0.05, 0) is 18.9 Å². The summed E-state index contributed by atoms with van der Waals surface area (Å²) in [6.07, 6.45) is 1.16. The normalized spacial score (nSPS) is 47.0. The van der Waals surface area contributed by atoms with Crippen LogP contribution in [0.3, 0.4) is 0 Å². The van der Waals surface area contributed by atoms with E-state index in [1.165, 1.54) is 0 Å². The van der Waals surface area contributed by atoms with Gasteiger partial charge in [0.2, 0.25) is 0 Å². The lowest BCUT2D eigenvalue weighted by molar-refractivity contribution is -0.144. The van der Waals surface area contributed by atoms with Crippen LogP contribution in [0.15, 0.2) is 0 Å². The van der Waals surface area contributed by atoms with Crippen LogP contribution in [0.5, 0.6) is 0 Å². The number of ether oxygens (including phenoxy) is 1. The van der Waals surface area contributed by atoms with E-state index in [1.807, 2.05) is 6.92 Å². The summed E-state index contributed by atoms with van der Waals surface area (Å²) in [5, 5.41) is 3.37. The van der Waals surface area contributed by atoms with E-state index in [4.69, 9.17) is 4.74 Å². The third-order valence-electron chi connectivity index (χ3n) is 2.92. The molecule has 0 aliphatic carbocycles. The van der Waals surface area contributed by atoms with Gasteiger partial charge in [0.1, 0.15) is 6.10 Å². The molecule has 2 heterocycles. The van der Waals surface area contributed by atoms with Crippen molar-refractivity contribution >= 4 is 5.97 Å². The van der Waals surface area contributed by atoms with Crippen molar-refractivity contribution in [2.75, 3.05) is 6.54 Å². The number of carbonyl (C=O) groups excluding carboxylic acids is 1. The van der Waals surface area contributed by atoms with E-state index < -0.39 is 0 Å². The summed E-state index contributed by atoms with van der Waals surface area (Å²) in [6, 6.07) is 0.272. The molecular weight excluding hydrogens is 154 g/mol. The standard InChI is InChI=1S/C9H15NO2/c1-5-3-7-8(10-4-5)6(2)9(11)12-7/h5-8,10H,3-4H2,1-2H3/t5-,6+,7+,8-/m0/s1. The number of piperidine rings is 1. The topological polar surface area (TPSA) is 38.3 Å². The van der Waals surface area contributed by atoms with Crippen molar-refractivity contribution in [2.45, 2.75) is 32.4 Å². The van der Waals surface area contributed by atoms with Gasteiger partial charge in [-0.15, -0.1) is 0 Å². The average molecular weight is 169 g/mol. The third-order valence-corrected chi connectivity index (χ3v) is 2.92. The molecule has 2 fully saturated rings. The predicted molar refractivity (Wildman–Crippen MR) is 44.6 cm³/mol. The first-order chi connectivity index (χ1) is 5.68. The number of hydrogen-bond acceptors (Lipinski definition) is 3. The van der Waals surface area contributed by atoms with Gasteiger partial charge in [-0.25, -0.2) is 0 Å². The Morgan fingerprint density at radius 1 is 1.50 bits per heavy atom. The number of hydrogen-bond donors (Lipinski definition) is 1. The Kier molecular flexibility index (Phi) is 1.83. The Hall–Kier alpha value is -0.570. The van der Waals surface area contributed by atoms with Crippen molar-refractivity contribution in [3.05, 3.63) is 0 Å². The van der Waals surface area contributed by atoms with Crippen LogP contribution in [0.1, 0.15) is 20.3 Å². The quantitative estimate of drug-likeness (QED) is 0.538. The number of nitrogens with one attached hydrogen (secondary N) is 1. The summed E-state index contributed by atoms with van der Waals surface area (Å²) in [5.74, 6) is 0.637. The van der Waals surface area contributed by atoms with E-state index in [9.17, 15) is 4.79 Å². The van der Waals surface area contributed by atoms with Crippen molar-refractivity contribution in [2.24, 2.45) is 11.8 Å². The van der Waals surface area contributed by atoms with E-state index >= 15 is 0 Å². The zero-order valence-corrected chi connectivity index (χ0v) is 7.54. The Morgan fingerprint density at radius 2 is 2.25 bits per heavy atom. The van der Waals surface area contributed by atoms with Crippen LogP contribution in [0.25, 0.3) is 0 Å². The van der Waals surface area contributed by atoms with Gasteiger partial charge in [-0.2, -0.15) is 0 Å². The van der Waals surface area contributed by atoms with Gasteiger partial charge < -0.3 is 10.1 Å². The van der Waals surface area contributed by atoms with Gasteiger partial charge in [-0.1, -0.05) is 13.8 Å². The second-order valence-electron chi connectivity index (χ2n) is 4.04. The van der Waals surface area contributed by atoms with Crippen LogP contribution in [0.2, 0.25) is 0 Å². The lowest BCUT2D eigenvalue weighted by atomic mass is 9.89. The highest BCUT2D eigenvalue weighted by Gasteiger charge is 2.44. The number of rotatable bonds is 0. The van der Waals surface area contributed by atoms with Crippen LogP contribution >= 0.6 is 0 Å². The molecule has 0 unspecified atom stereocenters. The fraction of sp³-hybridized carbons (Fsp3) is 0.889. The van der Waals surface area contributed by atoms with Gasteiger partial charge in [0, 0.05) is 0 Å².